The van der Waals surface area contributed by atoms with E-state index < -0.39 is 11.6 Å². The number of unbranched alkanes of at least 4 members (excludes halogenated alkanes) is 2. The van der Waals surface area contributed by atoms with Crippen molar-refractivity contribution >= 4 is 23.0 Å². The Balaban J connectivity index is 1.91. The molecule has 0 spiro atoms. The molecule has 0 bridgehead atoms. The number of anilines is 1. The van der Waals surface area contributed by atoms with Crippen LogP contribution in [0.2, 0.25) is 0 Å². The predicted molar refractivity (Wildman–Crippen MR) is 91.8 cm³/mol. The van der Waals surface area contributed by atoms with Gasteiger partial charge in [0, 0.05) is 23.6 Å². The second kappa shape index (κ2) is 6.83. The van der Waals surface area contributed by atoms with Crippen molar-refractivity contribution in [3.05, 3.63) is 52.9 Å². The molecule has 0 saturated heterocycles. The van der Waals surface area contributed by atoms with Crippen molar-refractivity contribution in [2.75, 3.05) is 5.32 Å². The first-order chi connectivity index (χ1) is 11.6. The average Bonchev–Trinajstić information content (AvgIpc) is 2.93. The standard InChI is InChI=1S/C19H20N2O3/c1-3-4-5-10-17-18(12(2)21-24-17)20-15-11-16(22)19(23)14-9-7-6-8-13(14)15/h6-9,11,20H,3-5,10H2,1-2H3. The second-order valence-electron chi connectivity index (χ2n) is 5.95. The molecule has 3 rings (SSSR count). The zero-order chi connectivity index (χ0) is 17.1. The fourth-order valence-corrected chi connectivity index (χ4v) is 2.84. The predicted octanol–water partition coefficient (Wildman–Crippen LogP) is 3.93. The van der Waals surface area contributed by atoms with Gasteiger partial charge in [-0.25, -0.2) is 0 Å². The fourth-order valence-electron chi connectivity index (χ4n) is 2.84. The van der Waals surface area contributed by atoms with Gasteiger partial charge in [-0.2, -0.15) is 0 Å². The molecule has 1 aliphatic rings. The molecule has 2 aromatic rings. The number of fused-ring (bicyclic) bond motifs is 1. The van der Waals surface area contributed by atoms with Crippen LogP contribution in [-0.2, 0) is 11.2 Å². The lowest BCUT2D eigenvalue weighted by Crippen LogP contribution is -2.21. The third-order valence-corrected chi connectivity index (χ3v) is 4.16. The molecule has 1 aliphatic carbocycles. The molecule has 0 aliphatic heterocycles. The molecular weight excluding hydrogens is 304 g/mol. The number of Topliss-reactive ketones (excluding diaryl/α,β-unsaturated/α-hetero) is 1. The number of benzene rings is 1. The number of aromatic nitrogens is 1. The van der Waals surface area contributed by atoms with Gasteiger partial charge in [0.15, 0.2) is 5.76 Å². The zero-order valence-electron chi connectivity index (χ0n) is 13.9. The zero-order valence-corrected chi connectivity index (χ0v) is 13.9. The summed E-state index contributed by atoms with van der Waals surface area (Å²) in [6.07, 6.45) is 5.42. The normalized spacial score (nSPS) is 13.7. The van der Waals surface area contributed by atoms with Gasteiger partial charge in [0.25, 0.3) is 0 Å². The van der Waals surface area contributed by atoms with Gasteiger partial charge in [-0.05, 0) is 13.3 Å². The summed E-state index contributed by atoms with van der Waals surface area (Å²) in [4.78, 5) is 24.0. The first-order valence-corrected chi connectivity index (χ1v) is 8.23. The van der Waals surface area contributed by atoms with E-state index in [1.54, 1.807) is 12.1 Å². The molecule has 1 N–H and O–H groups in total. The SMILES string of the molecule is CCCCCc1onc(C)c1NC1=CC(=O)C(=O)c2ccccc21. The van der Waals surface area contributed by atoms with Crippen molar-refractivity contribution < 1.29 is 14.1 Å². The molecule has 0 fully saturated rings. The van der Waals surface area contributed by atoms with Crippen molar-refractivity contribution in [2.24, 2.45) is 0 Å². The minimum absolute atomic E-state index is 0.425. The van der Waals surface area contributed by atoms with Crippen LogP contribution < -0.4 is 5.32 Å². The molecule has 0 radical (unpaired) electrons. The van der Waals surface area contributed by atoms with Crippen LogP contribution in [0.4, 0.5) is 5.69 Å². The topological polar surface area (TPSA) is 72.2 Å². The fraction of sp³-hybridized carbons (Fsp3) is 0.316. The number of carbonyl (C=O) groups excluding carboxylic acids is 2. The van der Waals surface area contributed by atoms with Crippen LogP contribution in [-0.4, -0.2) is 16.7 Å². The number of carbonyl (C=O) groups is 2. The van der Waals surface area contributed by atoms with E-state index in [0.717, 1.165) is 48.4 Å². The summed E-state index contributed by atoms with van der Waals surface area (Å²) in [5.41, 5.74) is 3.29. The average molecular weight is 324 g/mol. The van der Waals surface area contributed by atoms with E-state index >= 15 is 0 Å². The summed E-state index contributed by atoms with van der Waals surface area (Å²) in [5.74, 6) is -0.206. The van der Waals surface area contributed by atoms with Crippen molar-refractivity contribution in [2.45, 2.75) is 39.5 Å². The van der Waals surface area contributed by atoms with Crippen LogP contribution in [0.25, 0.3) is 5.70 Å². The Bertz CT molecular complexity index is 818. The molecule has 5 nitrogen and oxygen atoms in total. The minimum Gasteiger partial charge on any atom is -0.359 e. The summed E-state index contributed by atoms with van der Waals surface area (Å²) in [5, 5.41) is 7.30. The van der Waals surface area contributed by atoms with Crippen molar-refractivity contribution in [3.8, 4) is 0 Å². The summed E-state index contributed by atoms with van der Waals surface area (Å²) < 4.78 is 5.43. The molecule has 1 aromatic carbocycles. The van der Waals surface area contributed by atoms with Crippen LogP contribution in [0.15, 0.2) is 34.9 Å². The number of rotatable bonds is 6. The molecule has 1 aromatic heterocycles. The highest BCUT2D eigenvalue weighted by Crippen LogP contribution is 2.30. The van der Waals surface area contributed by atoms with Crippen LogP contribution in [0, 0.1) is 6.92 Å². The van der Waals surface area contributed by atoms with E-state index in [9.17, 15) is 9.59 Å². The first-order valence-electron chi connectivity index (χ1n) is 8.23. The molecule has 0 amide bonds. The largest absolute Gasteiger partial charge is 0.359 e. The number of hydrogen-bond acceptors (Lipinski definition) is 5. The molecular formula is C19H20N2O3. The van der Waals surface area contributed by atoms with Crippen molar-refractivity contribution in [1.82, 2.24) is 5.16 Å². The lowest BCUT2D eigenvalue weighted by atomic mass is 9.92. The lowest BCUT2D eigenvalue weighted by molar-refractivity contribution is -0.111. The first kappa shape index (κ1) is 16.2. The Morgan fingerprint density at radius 3 is 2.62 bits per heavy atom. The van der Waals surface area contributed by atoms with E-state index in [1.165, 1.54) is 6.08 Å². The van der Waals surface area contributed by atoms with Gasteiger partial charge in [-0.3, -0.25) is 9.59 Å². The van der Waals surface area contributed by atoms with Gasteiger partial charge in [-0.15, -0.1) is 0 Å². The number of ketones is 2. The molecule has 0 atom stereocenters. The summed E-state index contributed by atoms with van der Waals surface area (Å²) in [7, 11) is 0. The second-order valence-corrected chi connectivity index (χ2v) is 5.95. The third kappa shape index (κ3) is 3.02. The number of allylic oxidation sites excluding steroid dienone is 1. The number of nitrogens with zero attached hydrogens (tertiary/aromatic N) is 1. The quantitative estimate of drug-likeness (QED) is 0.644. The maximum atomic E-state index is 12.0. The molecule has 5 heteroatoms. The molecule has 124 valence electrons. The highest BCUT2D eigenvalue weighted by molar-refractivity contribution is 6.50. The van der Waals surface area contributed by atoms with Crippen LogP contribution in [0.3, 0.4) is 0 Å². The summed E-state index contributed by atoms with van der Waals surface area (Å²) in [6.45, 7) is 4.01. The smallest absolute Gasteiger partial charge is 0.233 e. The number of aryl methyl sites for hydroxylation is 2. The number of nitrogens with one attached hydrogen (secondary N) is 1. The van der Waals surface area contributed by atoms with Crippen molar-refractivity contribution in [1.29, 1.82) is 0 Å². The van der Waals surface area contributed by atoms with Gasteiger partial charge >= 0.3 is 0 Å². The Labute approximate surface area is 140 Å². The highest BCUT2D eigenvalue weighted by Gasteiger charge is 2.26. The van der Waals surface area contributed by atoms with Crippen LogP contribution in [0.1, 0.15) is 53.6 Å². The molecule has 0 unspecified atom stereocenters. The van der Waals surface area contributed by atoms with Gasteiger partial charge < -0.3 is 9.84 Å². The van der Waals surface area contributed by atoms with Gasteiger partial charge in [-0.1, -0.05) is 49.2 Å². The minimum atomic E-state index is -0.516. The van der Waals surface area contributed by atoms with Gasteiger partial charge in [0.1, 0.15) is 11.4 Å². The maximum absolute atomic E-state index is 12.0. The lowest BCUT2D eigenvalue weighted by Gasteiger charge is -2.17. The Kier molecular flexibility index (Phi) is 4.60. The van der Waals surface area contributed by atoms with E-state index in [0.29, 0.717) is 11.3 Å². The Hall–Kier alpha value is -2.69. The Morgan fingerprint density at radius 1 is 1.12 bits per heavy atom. The Morgan fingerprint density at radius 2 is 1.88 bits per heavy atom. The van der Waals surface area contributed by atoms with Crippen molar-refractivity contribution in [3.63, 3.8) is 0 Å². The van der Waals surface area contributed by atoms with Gasteiger partial charge in [0.05, 0.1) is 5.70 Å². The number of hydrogen-bond donors (Lipinski definition) is 1. The van der Waals surface area contributed by atoms with E-state index in [-0.39, 0.29) is 0 Å². The van der Waals surface area contributed by atoms with E-state index in [2.05, 4.69) is 17.4 Å². The van der Waals surface area contributed by atoms with Crippen LogP contribution >= 0.6 is 0 Å². The maximum Gasteiger partial charge on any atom is 0.233 e. The molecule has 24 heavy (non-hydrogen) atoms. The molecule has 1 heterocycles. The molecule has 0 saturated carbocycles. The van der Waals surface area contributed by atoms with E-state index in [4.69, 9.17) is 4.52 Å². The monoisotopic (exact) mass is 324 g/mol. The third-order valence-electron chi connectivity index (χ3n) is 4.16. The highest BCUT2D eigenvalue weighted by atomic mass is 16.5. The summed E-state index contributed by atoms with van der Waals surface area (Å²) in [6, 6.07) is 7.11. The van der Waals surface area contributed by atoms with E-state index in [1.807, 2.05) is 19.1 Å². The van der Waals surface area contributed by atoms with Crippen LogP contribution in [0.5, 0.6) is 0 Å². The van der Waals surface area contributed by atoms with Gasteiger partial charge in [0.2, 0.25) is 11.6 Å². The summed E-state index contributed by atoms with van der Waals surface area (Å²) >= 11 is 0.